The van der Waals surface area contributed by atoms with Crippen molar-refractivity contribution in [2.24, 2.45) is 4.99 Å². The largest absolute Gasteiger partial charge is 0.248 e. The first-order valence-electron chi connectivity index (χ1n) is 5.77. The van der Waals surface area contributed by atoms with Crippen LogP contribution in [0.5, 0.6) is 0 Å². The number of aromatic nitrogens is 4. The van der Waals surface area contributed by atoms with Gasteiger partial charge in [-0.3, -0.25) is 0 Å². The zero-order valence-corrected chi connectivity index (χ0v) is 12.0. The Morgan fingerprint density at radius 1 is 1.40 bits per heavy atom. The Morgan fingerprint density at radius 2 is 2.20 bits per heavy atom. The predicted molar refractivity (Wildman–Crippen MR) is 79.2 cm³/mol. The fourth-order valence-electron chi connectivity index (χ4n) is 1.44. The van der Waals surface area contributed by atoms with E-state index in [0.717, 1.165) is 5.69 Å². The third-order valence-electron chi connectivity index (χ3n) is 2.31. The van der Waals surface area contributed by atoms with Crippen LogP contribution in [0.2, 0.25) is 0 Å². The Hall–Kier alpha value is -2.02. The summed E-state index contributed by atoms with van der Waals surface area (Å²) in [7, 11) is -1.41. The van der Waals surface area contributed by atoms with Crippen LogP contribution >= 0.6 is 12.2 Å². The van der Waals surface area contributed by atoms with Gasteiger partial charge in [0.15, 0.2) is 0 Å². The molecule has 20 heavy (non-hydrogen) atoms. The van der Waals surface area contributed by atoms with Crippen LogP contribution in [-0.2, 0) is 10.8 Å². The van der Waals surface area contributed by atoms with Gasteiger partial charge in [0.2, 0.25) is 5.16 Å². The lowest BCUT2D eigenvalue weighted by Crippen LogP contribution is -2.03. The molecule has 1 heterocycles. The van der Waals surface area contributed by atoms with Gasteiger partial charge in [-0.2, -0.15) is 4.68 Å². The predicted octanol–water partition coefficient (Wildman–Crippen LogP) is 1.78. The van der Waals surface area contributed by atoms with E-state index >= 15 is 0 Å². The summed E-state index contributed by atoms with van der Waals surface area (Å²) in [6.45, 7) is 0.529. The van der Waals surface area contributed by atoms with Crippen molar-refractivity contribution in [3.63, 3.8) is 0 Å². The standard InChI is InChI=1S/C12H11N5OS2/c18-20(9-5-4-8-13-10-19)12-14-15-16-17(12)11-6-2-1-3-7-11/h1-3,5-7,9H,4,8H2/b9-5+. The highest BCUT2D eigenvalue weighted by atomic mass is 32.2. The second-order valence-corrected chi connectivity index (χ2v) is 5.05. The molecule has 6 nitrogen and oxygen atoms in total. The Morgan fingerprint density at radius 3 is 2.95 bits per heavy atom. The quantitative estimate of drug-likeness (QED) is 0.462. The van der Waals surface area contributed by atoms with E-state index in [0.29, 0.717) is 13.0 Å². The van der Waals surface area contributed by atoms with Crippen molar-refractivity contribution in [1.82, 2.24) is 20.2 Å². The van der Waals surface area contributed by atoms with Crippen molar-refractivity contribution < 1.29 is 4.21 Å². The van der Waals surface area contributed by atoms with E-state index in [1.807, 2.05) is 30.3 Å². The smallest absolute Gasteiger partial charge is 0.246 e. The molecule has 0 N–H and O–H groups in total. The summed E-state index contributed by atoms with van der Waals surface area (Å²) in [5, 5.41) is 15.3. The van der Waals surface area contributed by atoms with E-state index in [4.69, 9.17) is 0 Å². The van der Waals surface area contributed by atoms with E-state index in [-0.39, 0.29) is 5.16 Å². The second-order valence-electron chi connectivity index (χ2n) is 3.64. The maximum Gasteiger partial charge on any atom is 0.248 e. The van der Waals surface area contributed by atoms with Crippen LogP contribution in [0, 0.1) is 0 Å². The van der Waals surface area contributed by atoms with Gasteiger partial charge >= 0.3 is 0 Å². The molecule has 1 aromatic heterocycles. The Bertz CT molecular complexity index is 661. The van der Waals surface area contributed by atoms with E-state index in [1.165, 1.54) is 4.68 Å². The molecule has 2 aromatic rings. The third kappa shape index (κ3) is 3.74. The Labute approximate surface area is 123 Å². The van der Waals surface area contributed by atoms with E-state index in [2.05, 4.69) is 37.9 Å². The van der Waals surface area contributed by atoms with Gasteiger partial charge in [-0.15, -0.1) is 0 Å². The van der Waals surface area contributed by atoms with E-state index < -0.39 is 10.8 Å². The van der Waals surface area contributed by atoms with Crippen molar-refractivity contribution in [2.75, 3.05) is 6.54 Å². The van der Waals surface area contributed by atoms with Crippen molar-refractivity contribution in [3.05, 3.63) is 41.8 Å². The number of nitrogens with zero attached hydrogens (tertiary/aromatic N) is 5. The molecule has 1 atom stereocenters. The van der Waals surface area contributed by atoms with Crippen molar-refractivity contribution in [2.45, 2.75) is 11.6 Å². The number of thiocarbonyl (C=S) groups is 1. The zero-order chi connectivity index (χ0) is 14.2. The number of hydrogen-bond acceptors (Lipinski definition) is 6. The lowest BCUT2D eigenvalue weighted by Gasteiger charge is -2.01. The number of benzene rings is 1. The fraction of sp³-hybridized carbons (Fsp3) is 0.167. The first-order chi connectivity index (χ1) is 9.83. The number of hydrogen-bond donors (Lipinski definition) is 0. The average molecular weight is 305 g/mol. The van der Waals surface area contributed by atoms with Gasteiger partial charge < -0.3 is 0 Å². The number of isothiocyanates is 1. The summed E-state index contributed by atoms with van der Waals surface area (Å²) in [6, 6.07) is 9.30. The molecular formula is C12H11N5OS2. The summed E-state index contributed by atoms with van der Waals surface area (Å²) in [5.41, 5.74) is 0.763. The molecule has 1 unspecified atom stereocenters. The molecule has 8 heteroatoms. The van der Waals surface area contributed by atoms with Gasteiger partial charge in [0.1, 0.15) is 10.8 Å². The monoisotopic (exact) mass is 305 g/mol. The SMILES string of the molecule is O=S(/C=C/CCN=C=S)c1nnnn1-c1ccccc1. The molecule has 0 aliphatic carbocycles. The van der Waals surface area contributed by atoms with E-state index in [9.17, 15) is 4.21 Å². The molecular weight excluding hydrogens is 294 g/mol. The molecule has 0 aliphatic rings. The van der Waals surface area contributed by atoms with Gasteiger partial charge in [-0.1, -0.05) is 29.4 Å². The minimum absolute atomic E-state index is 0.283. The van der Waals surface area contributed by atoms with Crippen LogP contribution in [0.1, 0.15) is 6.42 Å². The normalized spacial score (nSPS) is 12.2. The lowest BCUT2D eigenvalue weighted by molar-refractivity contribution is 0.672. The number of rotatable bonds is 6. The minimum Gasteiger partial charge on any atom is -0.246 e. The summed E-state index contributed by atoms with van der Waals surface area (Å²) in [4.78, 5) is 3.77. The fourth-order valence-corrected chi connectivity index (χ4v) is 2.39. The van der Waals surface area contributed by atoms with Crippen molar-refractivity contribution >= 4 is 28.2 Å². The van der Waals surface area contributed by atoms with Gasteiger partial charge in [0.25, 0.3) is 0 Å². The van der Waals surface area contributed by atoms with Crippen LogP contribution in [0.3, 0.4) is 0 Å². The van der Waals surface area contributed by atoms with E-state index in [1.54, 1.807) is 11.5 Å². The highest BCUT2D eigenvalue weighted by Gasteiger charge is 2.12. The first-order valence-corrected chi connectivity index (χ1v) is 7.39. The van der Waals surface area contributed by atoms with Gasteiger partial charge in [-0.05, 0) is 41.2 Å². The number of tetrazole rings is 1. The molecule has 102 valence electrons. The van der Waals surface area contributed by atoms with Crippen LogP contribution in [0.25, 0.3) is 5.69 Å². The zero-order valence-electron chi connectivity index (χ0n) is 10.4. The third-order valence-corrected chi connectivity index (χ3v) is 3.50. The Kier molecular flexibility index (Phi) is 5.43. The number of aliphatic imine (C=N–C) groups is 1. The molecule has 0 saturated heterocycles. The molecule has 0 spiro atoms. The molecule has 0 aliphatic heterocycles. The topological polar surface area (TPSA) is 73.0 Å². The van der Waals surface area contributed by atoms with Crippen LogP contribution in [0.15, 0.2) is 52.0 Å². The summed E-state index contributed by atoms with van der Waals surface area (Å²) >= 11 is 4.46. The summed E-state index contributed by atoms with van der Waals surface area (Å²) < 4.78 is 13.6. The molecule has 0 bridgehead atoms. The maximum atomic E-state index is 12.1. The summed E-state index contributed by atoms with van der Waals surface area (Å²) in [6.07, 6.45) is 2.40. The molecule has 0 radical (unpaired) electrons. The Balaban J connectivity index is 2.12. The maximum absolute atomic E-state index is 12.1. The van der Waals surface area contributed by atoms with Gasteiger partial charge in [-0.25, -0.2) is 9.20 Å². The van der Waals surface area contributed by atoms with Gasteiger partial charge in [0.05, 0.1) is 17.4 Å². The molecule has 1 aromatic carbocycles. The highest BCUT2D eigenvalue weighted by molar-refractivity contribution is 7.87. The first kappa shape index (κ1) is 14.4. The molecule has 2 rings (SSSR count). The van der Waals surface area contributed by atoms with Crippen molar-refractivity contribution in [3.8, 4) is 5.69 Å². The summed E-state index contributed by atoms with van der Waals surface area (Å²) in [5.74, 6) is 0. The molecule has 0 saturated carbocycles. The highest BCUT2D eigenvalue weighted by Crippen LogP contribution is 2.10. The lowest BCUT2D eigenvalue weighted by atomic mass is 10.3. The minimum atomic E-state index is -1.41. The number of para-hydroxylation sites is 1. The second kappa shape index (κ2) is 7.54. The van der Waals surface area contributed by atoms with Crippen LogP contribution in [0.4, 0.5) is 0 Å². The van der Waals surface area contributed by atoms with Gasteiger partial charge in [0, 0.05) is 5.41 Å². The van der Waals surface area contributed by atoms with Crippen LogP contribution in [-0.4, -0.2) is 36.1 Å². The van der Waals surface area contributed by atoms with Crippen LogP contribution < -0.4 is 0 Å². The van der Waals surface area contributed by atoms with Crippen molar-refractivity contribution in [1.29, 1.82) is 0 Å². The average Bonchev–Trinajstić information content (AvgIpc) is 2.97. The molecule has 0 amide bonds. The molecule has 0 fully saturated rings.